The van der Waals surface area contributed by atoms with E-state index in [1.807, 2.05) is 0 Å². The summed E-state index contributed by atoms with van der Waals surface area (Å²) in [7, 11) is -1.70. The van der Waals surface area contributed by atoms with Gasteiger partial charge in [0.1, 0.15) is 23.2 Å². The lowest BCUT2D eigenvalue weighted by molar-refractivity contribution is -0.00000519. The van der Waals surface area contributed by atoms with Gasteiger partial charge in [0.2, 0.25) is 0 Å². The molecule has 3 rings (SSSR count). The maximum absolute atomic E-state index is 3.52. The summed E-state index contributed by atoms with van der Waals surface area (Å²) in [6.45, 7) is 0. The van der Waals surface area contributed by atoms with Crippen LogP contribution in [0, 0.1) is 0 Å². The molecule has 28 heavy (non-hydrogen) atoms. The summed E-state index contributed by atoms with van der Waals surface area (Å²) in [6.07, 6.45) is 9.51. The number of halogens is 2. The molecule has 146 valence electrons. The van der Waals surface area contributed by atoms with Crippen molar-refractivity contribution in [1.82, 2.24) is 0 Å². The second-order valence-corrected chi connectivity index (χ2v) is 11.0. The molecule has 3 heteroatoms. The van der Waals surface area contributed by atoms with Crippen LogP contribution in [0.15, 0.2) is 103 Å². The molecule has 0 nitrogen and oxygen atoms in total. The Hall–Kier alpha value is -0.960. The van der Waals surface area contributed by atoms with E-state index in [1.165, 1.54) is 28.8 Å². The van der Waals surface area contributed by atoms with Gasteiger partial charge in [-0.1, -0.05) is 82.7 Å². The van der Waals surface area contributed by atoms with Gasteiger partial charge in [0.25, 0.3) is 0 Å². The summed E-state index contributed by atoms with van der Waals surface area (Å²) in [5, 5.41) is 5.45. The van der Waals surface area contributed by atoms with Crippen molar-refractivity contribution in [2.75, 3.05) is 11.5 Å². The summed E-state index contributed by atoms with van der Waals surface area (Å²) in [5.74, 6) is 0. The first-order chi connectivity index (χ1) is 13.4. The van der Waals surface area contributed by atoms with E-state index >= 15 is 0 Å². The zero-order valence-corrected chi connectivity index (χ0v) is 20.7. The van der Waals surface area contributed by atoms with E-state index in [-0.39, 0.29) is 24.0 Å². The van der Waals surface area contributed by atoms with Crippen LogP contribution in [0.3, 0.4) is 0 Å². The lowest BCUT2D eigenvalue weighted by Gasteiger charge is -2.26. The van der Waals surface area contributed by atoms with Crippen LogP contribution < -0.4 is 39.9 Å². The molecule has 0 spiro atoms. The minimum absolute atomic E-state index is 0. The predicted molar refractivity (Wildman–Crippen MR) is 127 cm³/mol. The number of rotatable bonds is 9. The molecule has 0 aromatic heterocycles. The molecular weight excluding hydrogens is 538 g/mol. The Morgan fingerprint density at radius 3 is 1.43 bits per heavy atom. The maximum atomic E-state index is 3.52. The van der Waals surface area contributed by atoms with Crippen molar-refractivity contribution in [2.45, 2.75) is 19.3 Å². The summed E-state index contributed by atoms with van der Waals surface area (Å²) >= 11 is 3.52. The van der Waals surface area contributed by atoms with E-state index in [1.54, 1.807) is 0 Å². The lowest BCUT2D eigenvalue weighted by Crippen LogP contribution is -3.00. The van der Waals surface area contributed by atoms with Crippen molar-refractivity contribution in [1.29, 1.82) is 0 Å². The number of unbranched alkanes of at least 4 members (excludes halogenated alkanes) is 2. The molecule has 0 saturated heterocycles. The Morgan fingerprint density at radius 2 is 1.04 bits per heavy atom. The topological polar surface area (TPSA) is 0 Å². The summed E-state index contributed by atoms with van der Waals surface area (Å²) < 4.78 is 0. The van der Waals surface area contributed by atoms with Crippen molar-refractivity contribution in [3.8, 4) is 0 Å². The second kappa shape index (κ2) is 12.6. The fourth-order valence-corrected chi connectivity index (χ4v) is 7.95. The van der Waals surface area contributed by atoms with Gasteiger partial charge in [-0.25, -0.2) is 0 Å². The molecule has 0 N–H and O–H groups in total. The van der Waals surface area contributed by atoms with E-state index < -0.39 is 7.26 Å². The summed E-state index contributed by atoms with van der Waals surface area (Å²) in [6, 6.07) is 33.3. The Kier molecular flexibility index (Phi) is 10.5. The first-order valence-electron chi connectivity index (χ1n) is 9.64. The highest BCUT2D eigenvalue weighted by Crippen LogP contribution is 2.55. The van der Waals surface area contributed by atoms with Gasteiger partial charge in [0.05, 0.1) is 6.16 Å². The number of alkyl halides is 1. The van der Waals surface area contributed by atoms with E-state index in [2.05, 4.69) is 119 Å². The predicted octanol–water partition coefficient (Wildman–Crippen LogP) is 3.11. The molecular formula is C25H27BrIP. The molecule has 0 aliphatic heterocycles. The molecule has 3 aromatic rings. The van der Waals surface area contributed by atoms with Crippen molar-refractivity contribution in [3.63, 3.8) is 0 Å². The SMILES string of the molecule is BrCCCCC=CC[P+](c1ccccc1)(c1ccccc1)c1ccccc1.[I-]. The Bertz CT molecular complexity index is 722. The van der Waals surface area contributed by atoms with E-state index in [0.29, 0.717) is 0 Å². The van der Waals surface area contributed by atoms with Crippen molar-refractivity contribution < 1.29 is 24.0 Å². The Labute approximate surface area is 196 Å². The first kappa shape index (κ1) is 23.3. The Morgan fingerprint density at radius 1 is 0.607 bits per heavy atom. The fourth-order valence-electron chi connectivity index (χ4n) is 3.52. The van der Waals surface area contributed by atoms with Crippen LogP contribution in [0.2, 0.25) is 0 Å². The average molecular weight is 565 g/mol. The number of hydrogen-bond donors (Lipinski definition) is 0. The highest BCUT2D eigenvalue weighted by molar-refractivity contribution is 9.09. The van der Waals surface area contributed by atoms with E-state index in [4.69, 9.17) is 0 Å². The molecule has 0 radical (unpaired) electrons. The maximum Gasteiger partial charge on any atom is 0.115 e. The van der Waals surface area contributed by atoms with Gasteiger partial charge in [-0.15, -0.1) is 0 Å². The zero-order chi connectivity index (χ0) is 18.8. The molecule has 0 atom stereocenters. The third-order valence-corrected chi connectivity index (χ3v) is 9.75. The molecule has 0 heterocycles. The Balaban J connectivity index is 0.00000280. The van der Waals surface area contributed by atoms with Crippen molar-refractivity contribution in [3.05, 3.63) is 103 Å². The molecule has 3 aromatic carbocycles. The van der Waals surface area contributed by atoms with E-state index in [9.17, 15) is 0 Å². The smallest absolute Gasteiger partial charge is 0.115 e. The quantitative estimate of drug-likeness (QED) is 0.123. The minimum atomic E-state index is -1.70. The van der Waals surface area contributed by atoms with Crippen LogP contribution >= 0.6 is 23.2 Å². The van der Waals surface area contributed by atoms with E-state index in [0.717, 1.165) is 17.9 Å². The zero-order valence-electron chi connectivity index (χ0n) is 16.1. The average Bonchev–Trinajstić information content (AvgIpc) is 2.75. The van der Waals surface area contributed by atoms with Crippen LogP contribution in [0.1, 0.15) is 19.3 Å². The van der Waals surface area contributed by atoms with Gasteiger partial charge in [0, 0.05) is 5.33 Å². The largest absolute Gasteiger partial charge is 1.00 e. The minimum Gasteiger partial charge on any atom is -1.00 e. The van der Waals surface area contributed by atoms with Crippen LogP contribution in [0.4, 0.5) is 0 Å². The van der Waals surface area contributed by atoms with Crippen LogP contribution in [0.5, 0.6) is 0 Å². The number of benzene rings is 3. The van der Waals surface area contributed by atoms with Crippen LogP contribution in [-0.4, -0.2) is 11.5 Å². The third kappa shape index (κ3) is 5.78. The van der Waals surface area contributed by atoms with Gasteiger partial charge < -0.3 is 24.0 Å². The molecule has 0 saturated carbocycles. The molecule has 0 bridgehead atoms. The third-order valence-electron chi connectivity index (χ3n) is 4.89. The molecule has 0 amide bonds. The normalized spacial score (nSPS) is 11.3. The molecule has 0 unspecified atom stereocenters. The van der Waals surface area contributed by atoms with Gasteiger partial charge >= 0.3 is 0 Å². The first-order valence-corrected chi connectivity index (χ1v) is 12.7. The molecule has 0 fully saturated rings. The van der Waals surface area contributed by atoms with Crippen LogP contribution in [-0.2, 0) is 0 Å². The second-order valence-electron chi connectivity index (χ2n) is 6.66. The van der Waals surface area contributed by atoms with Gasteiger partial charge in [-0.05, 0) is 55.7 Å². The monoisotopic (exact) mass is 564 g/mol. The van der Waals surface area contributed by atoms with Crippen molar-refractivity contribution in [2.24, 2.45) is 0 Å². The number of allylic oxidation sites excluding steroid dienone is 2. The highest BCUT2D eigenvalue weighted by atomic mass is 127. The van der Waals surface area contributed by atoms with Gasteiger partial charge in [-0.2, -0.15) is 0 Å². The summed E-state index contributed by atoms with van der Waals surface area (Å²) in [5.41, 5.74) is 0. The summed E-state index contributed by atoms with van der Waals surface area (Å²) in [4.78, 5) is 0. The van der Waals surface area contributed by atoms with Gasteiger partial charge in [0.15, 0.2) is 0 Å². The lowest BCUT2D eigenvalue weighted by atomic mass is 10.2. The highest BCUT2D eigenvalue weighted by Gasteiger charge is 2.43. The molecule has 0 aliphatic carbocycles. The van der Waals surface area contributed by atoms with Crippen molar-refractivity contribution >= 4 is 39.1 Å². The standard InChI is InChI=1S/C25H27BrP.HI/c26-21-13-2-1-3-14-22-27(23-15-7-4-8-16-23,24-17-9-5-10-18-24)25-19-11-6-12-20-25;/h3-12,14-20H,1-2,13,21-22H2;1H/q+1;/p-1. The van der Waals surface area contributed by atoms with Gasteiger partial charge in [-0.3, -0.25) is 0 Å². The fraction of sp³-hybridized carbons (Fsp3) is 0.200. The van der Waals surface area contributed by atoms with Crippen LogP contribution in [0.25, 0.3) is 0 Å². The number of hydrogen-bond acceptors (Lipinski definition) is 0. The molecule has 0 aliphatic rings.